The molecule has 1 saturated heterocycles. The monoisotopic (exact) mass is 235 g/mol. The summed E-state index contributed by atoms with van der Waals surface area (Å²) in [6, 6.07) is 0. The summed E-state index contributed by atoms with van der Waals surface area (Å²) in [5.41, 5.74) is 0. The maximum Gasteiger partial charge on any atom is 0.233 e. The summed E-state index contributed by atoms with van der Waals surface area (Å²) < 4.78 is 0. The summed E-state index contributed by atoms with van der Waals surface area (Å²) in [5.74, 6) is 2.50. The highest BCUT2D eigenvalue weighted by Crippen LogP contribution is 2.50. The number of likely N-dealkylation sites (tertiary alicyclic amines) is 1. The zero-order valence-corrected chi connectivity index (χ0v) is 10.5. The molecule has 1 heterocycles. The van der Waals surface area contributed by atoms with Crippen molar-refractivity contribution in [1.82, 2.24) is 4.90 Å². The summed E-state index contributed by atoms with van der Waals surface area (Å²) in [7, 11) is 0. The first-order valence-corrected chi connectivity index (χ1v) is 7.05. The zero-order valence-electron chi connectivity index (χ0n) is 10.5. The number of carbonyl (C=O) groups excluding carboxylic acids is 2. The van der Waals surface area contributed by atoms with Gasteiger partial charge >= 0.3 is 0 Å². The third kappa shape index (κ3) is 1.71. The second-order valence-electron chi connectivity index (χ2n) is 5.97. The minimum atomic E-state index is 0.0266. The van der Waals surface area contributed by atoms with Crippen LogP contribution in [0.4, 0.5) is 0 Å². The van der Waals surface area contributed by atoms with Crippen molar-refractivity contribution in [3.63, 3.8) is 0 Å². The Kier molecular flexibility index (Phi) is 2.72. The van der Waals surface area contributed by atoms with E-state index in [4.69, 9.17) is 0 Å². The first kappa shape index (κ1) is 11.2. The van der Waals surface area contributed by atoms with Crippen LogP contribution in [0.25, 0.3) is 0 Å². The molecule has 1 unspecified atom stereocenters. The molecule has 0 spiro atoms. The molecule has 2 saturated carbocycles. The van der Waals surface area contributed by atoms with Crippen molar-refractivity contribution in [2.75, 3.05) is 6.54 Å². The fraction of sp³-hybridized carbons (Fsp3) is 0.857. The Morgan fingerprint density at radius 1 is 1.12 bits per heavy atom. The molecule has 3 heteroatoms. The van der Waals surface area contributed by atoms with E-state index in [9.17, 15) is 9.59 Å². The number of nitrogens with zero attached hydrogens (tertiary/aromatic N) is 1. The van der Waals surface area contributed by atoms with E-state index >= 15 is 0 Å². The molecule has 0 aromatic carbocycles. The van der Waals surface area contributed by atoms with Gasteiger partial charge in [-0.05, 0) is 37.5 Å². The number of carbonyl (C=O) groups is 2. The third-order valence-electron chi connectivity index (χ3n) is 5.19. The average Bonchev–Trinajstić information content (AvgIpc) is 2.44. The van der Waals surface area contributed by atoms with Crippen LogP contribution in [0.3, 0.4) is 0 Å². The summed E-state index contributed by atoms with van der Waals surface area (Å²) >= 11 is 0. The summed E-state index contributed by atoms with van der Waals surface area (Å²) in [6.45, 7) is 2.43. The van der Waals surface area contributed by atoms with Gasteiger partial charge in [0.25, 0.3) is 0 Å². The number of amides is 2. The largest absolute Gasteiger partial charge is 0.283 e. The molecule has 0 aromatic rings. The SMILES string of the molecule is CCN1C(=O)CC(C2CC(C3CCC3)C2)C1=O. The van der Waals surface area contributed by atoms with Crippen molar-refractivity contribution in [3.8, 4) is 0 Å². The van der Waals surface area contributed by atoms with E-state index in [2.05, 4.69) is 0 Å². The Bertz CT molecular complexity index is 342. The molecule has 0 N–H and O–H groups in total. The van der Waals surface area contributed by atoms with Crippen molar-refractivity contribution < 1.29 is 9.59 Å². The molecule has 3 nitrogen and oxygen atoms in total. The van der Waals surface area contributed by atoms with Gasteiger partial charge in [0.2, 0.25) is 11.8 Å². The van der Waals surface area contributed by atoms with Gasteiger partial charge in [0.15, 0.2) is 0 Å². The Balaban J connectivity index is 1.56. The van der Waals surface area contributed by atoms with Crippen LogP contribution < -0.4 is 0 Å². The molecule has 1 aliphatic heterocycles. The smallest absolute Gasteiger partial charge is 0.233 e. The molecule has 94 valence electrons. The van der Waals surface area contributed by atoms with Crippen LogP contribution in [0.5, 0.6) is 0 Å². The zero-order chi connectivity index (χ0) is 12.0. The highest BCUT2D eigenvalue weighted by atomic mass is 16.2. The van der Waals surface area contributed by atoms with Crippen LogP contribution in [-0.4, -0.2) is 23.3 Å². The van der Waals surface area contributed by atoms with Gasteiger partial charge in [-0.3, -0.25) is 14.5 Å². The van der Waals surface area contributed by atoms with Crippen molar-refractivity contribution in [1.29, 1.82) is 0 Å². The van der Waals surface area contributed by atoms with Crippen LogP contribution in [0.15, 0.2) is 0 Å². The van der Waals surface area contributed by atoms with Gasteiger partial charge in [-0.2, -0.15) is 0 Å². The minimum absolute atomic E-state index is 0.0266. The third-order valence-corrected chi connectivity index (χ3v) is 5.19. The Morgan fingerprint density at radius 3 is 2.29 bits per heavy atom. The van der Waals surface area contributed by atoms with E-state index < -0.39 is 0 Å². The Morgan fingerprint density at radius 2 is 1.82 bits per heavy atom. The van der Waals surface area contributed by atoms with Gasteiger partial charge in [-0.1, -0.05) is 19.3 Å². The predicted octanol–water partition coefficient (Wildman–Crippen LogP) is 2.21. The fourth-order valence-corrected chi connectivity index (χ4v) is 3.74. The molecule has 2 amide bonds. The van der Waals surface area contributed by atoms with E-state index in [0.29, 0.717) is 18.9 Å². The summed E-state index contributed by atoms with van der Waals surface area (Å²) in [5, 5.41) is 0. The molecule has 1 atom stereocenters. The predicted molar refractivity (Wildman–Crippen MR) is 64.1 cm³/mol. The van der Waals surface area contributed by atoms with Crippen molar-refractivity contribution in [3.05, 3.63) is 0 Å². The van der Waals surface area contributed by atoms with E-state index in [-0.39, 0.29) is 17.7 Å². The minimum Gasteiger partial charge on any atom is -0.283 e. The number of hydrogen-bond acceptors (Lipinski definition) is 2. The van der Waals surface area contributed by atoms with E-state index in [0.717, 1.165) is 11.8 Å². The van der Waals surface area contributed by atoms with Crippen molar-refractivity contribution >= 4 is 11.8 Å². The first-order chi connectivity index (χ1) is 8.20. The Labute approximate surface area is 103 Å². The van der Waals surface area contributed by atoms with Gasteiger partial charge in [-0.25, -0.2) is 0 Å². The van der Waals surface area contributed by atoms with Crippen LogP contribution in [0.2, 0.25) is 0 Å². The highest BCUT2D eigenvalue weighted by Gasteiger charge is 2.48. The molecule has 17 heavy (non-hydrogen) atoms. The number of hydrogen-bond donors (Lipinski definition) is 0. The normalized spacial score (nSPS) is 38.2. The second-order valence-corrected chi connectivity index (χ2v) is 5.97. The topological polar surface area (TPSA) is 37.4 Å². The molecular formula is C14H21NO2. The summed E-state index contributed by atoms with van der Waals surface area (Å²) in [6.07, 6.45) is 7.08. The lowest BCUT2D eigenvalue weighted by Crippen LogP contribution is -2.40. The van der Waals surface area contributed by atoms with Crippen LogP contribution in [0.1, 0.15) is 45.4 Å². The molecule has 3 rings (SSSR count). The van der Waals surface area contributed by atoms with Gasteiger partial charge in [0, 0.05) is 13.0 Å². The maximum absolute atomic E-state index is 12.0. The molecular weight excluding hydrogens is 214 g/mol. The Hall–Kier alpha value is -0.860. The lowest BCUT2D eigenvalue weighted by molar-refractivity contribution is -0.140. The molecule has 0 aromatic heterocycles. The number of imide groups is 1. The average molecular weight is 235 g/mol. The summed E-state index contributed by atoms with van der Waals surface area (Å²) in [4.78, 5) is 25.2. The van der Waals surface area contributed by atoms with Gasteiger partial charge in [0.1, 0.15) is 0 Å². The van der Waals surface area contributed by atoms with Gasteiger partial charge < -0.3 is 0 Å². The van der Waals surface area contributed by atoms with Crippen molar-refractivity contribution in [2.24, 2.45) is 23.7 Å². The molecule has 2 aliphatic carbocycles. The fourth-order valence-electron chi connectivity index (χ4n) is 3.74. The van der Waals surface area contributed by atoms with Gasteiger partial charge in [0.05, 0.1) is 5.92 Å². The molecule has 3 aliphatic rings. The lowest BCUT2D eigenvalue weighted by atomic mass is 9.59. The quantitative estimate of drug-likeness (QED) is 0.703. The van der Waals surface area contributed by atoms with Crippen LogP contribution in [-0.2, 0) is 9.59 Å². The number of rotatable bonds is 3. The maximum atomic E-state index is 12.0. The van der Waals surface area contributed by atoms with Crippen LogP contribution in [0, 0.1) is 23.7 Å². The lowest BCUT2D eigenvalue weighted by Gasteiger charge is -2.46. The standard InChI is InChI=1S/C14H21NO2/c1-2-15-13(16)8-12(14(15)17)11-6-10(7-11)9-4-3-5-9/h9-12H,2-8H2,1H3. The second kappa shape index (κ2) is 4.11. The van der Waals surface area contributed by atoms with Crippen molar-refractivity contribution in [2.45, 2.75) is 45.4 Å². The molecule has 3 fully saturated rings. The highest BCUT2D eigenvalue weighted by molar-refractivity contribution is 6.03. The van der Waals surface area contributed by atoms with Gasteiger partial charge in [-0.15, -0.1) is 0 Å². The molecule has 0 radical (unpaired) electrons. The first-order valence-electron chi connectivity index (χ1n) is 7.05. The van der Waals surface area contributed by atoms with Crippen LogP contribution >= 0.6 is 0 Å². The molecule has 0 bridgehead atoms. The van der Waals surface area contributed by atoms with E-state index in [1.54, 1.807) is 0 Å². The van der Waals surface area contributed by atoms with E-state index in [1.165, 1.54) is 37.0 Å². The van der Waals surface area contributed by atoms with E-state index in [1.807, 2.05) is 6.92 Å².